The van der Waals surface area contributed by atoms with Crippen LogP contribution < -0.4 is 0 Å². The van der Waals surface area contributed by atoms with Crippen LogP contribution in [0.15, 0.2) is 24.3 Å². The van der Waals surface area contributed by atoms with Crippen LogP contribution in [0.3, 0.4) is 0 Å². The third-order valence-electron chi connectivity index (χ3n) is 3.40. The highest BCUT2D eigenvalue weighted by Crippen LogP contribution is 2.28. The lowest BCUT2D eigenvalue weighted by Crippen LogP contribution is -2.13. The normalized spacial score (nSPS) is 18.5. The largest absolute Gasteiger partial charge is 0.372 e. The van der Waals surface area contributed by atoms with Crippen molar-refractivity contribution in [1.82, 2.24) is 0 Å². The molecule has 2 rings (SSSR count). The fourth-order valence-corrected chi connectivity index (χ4v) is 3.11. The number of hydrogen-bond acceptors (Lipinski definition) is 1. The first-order chi connectivity index (χ1) is 8.31. The Morgan fingerprint density at radius 2 is 2.00 bits per heavy atom. The quantitative estimate of drug-likeness (QED) is 0.562. The molecule has 1 nitrogen and oxygen atoms in total. The zero-order valence-electron chi connectivity index (χ0n) is 9.87. The third kappa shape index (κ3) is 3.65. The Labute approximate surface area is 116 Å². The lowest BCUT2D eigenvalue weighted by atomic mass is 10.1. The minimum absolute atomic E-state index is 0.0996. The van der Waals surface area contributed by atoms with Crippen molar-refractivity contribution >= 4 is 22.6 Å². The van der Waals surface area contributed by atoms with Crippen LogP contribution in [0.5, 0.6) is 0 Å². The summed E-state index contributed by atoms with van der Waals surface area (Å²) in [6.45, 7) is 0.780. The predicted octanol–water partition coefficient (Wildman–Crippen LogP) is 4.51. The molecule has 0 amide bonds. The van der Waals surface area contributed by atoms with Gasteiger partial charge in [-0.15, -0.1) is 0 Å². The number of rotatable bonds is 5. The Morgan fingerprint density at radius 1 is 1.29 bits per heavy atom. The monoisotopic (exact) mass is 348 g/mol. The van der Waals surface area contributed by atoms with Crippen LogP contribution in [0.25, 0.3) is 0 Å². The van der Waals surface area contributed by atoms with Gasteiger partial charge in [-0.05, 0) is 24.8 Å². The van der Waals surface area contributed by atoms with E-state index in [-0.39, 0.29) is 11.9 Å². The third-order valence-corrected chi connectivity index (χ3v) is 4.20. The topological polar surface area (TPSA) is 9.23 Å². The van der Waals surface area contributed by atoms with E-state index in [9.17, 15) is 4.39 Å². The summed E-state index contributed by atoms with van der Waals surface area (Å²) in [4.78, 5) is 0. The summed E-state index contributed by atoms with van der Waals surface area (Å²) in [6.07, 6.45) is 5.08. The van der Waals surface area contributed by atoms with Crippen molar-refractivity contribution in [3.8, 4) is 0 Å². The first-order valence-corrected chi connectivity index (χ1v) is 7.76. The fraction of sp³-hybridized carbons (Fsp3) is 0.571. The highest BCUT2D eigenvalue weighted by Gasteiger charge is 2.19. The smallest absolute Gasteiger partial charge is 0.129 e. The first-order valence-electron chi connectivity index (χ1n) is 6.23. The fourth-order valence-electron chi connectivity index (χ4n) is 2.38. The van der Waals surface area contributed by atoms with E-state index in [1.807, 2.05) is 12.1 Å². The average Bonchev–Trinajstić information content (AvgIpc) is 2.85. The maximum atomic E-state index is 13.6. The van der Waals surface area contributed by atoms with Crippen LogP contribution in [0.2, 0.25) is 0 Å². The molecule has 0 radical (unpaired) electrons. The van der Waals surface area contributed by atoms with Crippen LogP contribution in [-0.2, 0) is 4.74 Å². The van der Waals surface area contributed by atoms with Crippen LogP contribution in [-0.4, -0.2) is 11.0 Å². The molecule has 3 heteroatoms. The first kappa shape index (κ1) is 13.3. The number of alkyl halides is 1. The second kappa shape index (κ2) is 6.69. The minimum atomic E-state index is -0.152. The average molecular weight is 348 g/mol. The Hall–Kier alpha value is -0.160. The molecule has 0 saturated heterocycles. The van der Waals surface area contributed by atoms with Gasteiger partial charge in [-0.2, -0.15) is 0 Å². The van der Waals surface area contributed by atoms with Crippen molar-refractivity contribution in [3.63, 3.8) is 0 Å². The molecule has 0 aromatic heterocycles. The van der Waals surface area contributed by atoms with Crippen molar-refractivity contribution in [2.45, 2.75) is 31.8 Å². The van der Waals surface area contributed by atoms with E-state index in [0.29, 0.717) is 11.5 Å². The minimum Gasteiger partial charge on any atom is -0.372 e. The van der Waals surface area contributed by atoms with Crippen molar-refractivity contribution < 1.29 is 9.13 Å². The van der Waals surface area contributed by atoms with Gasteiger partial charge in [0.25, 0.3) is 0 Å². The van der Waals surface area contributed by atoms with E-state index in [1.54, 1.807) is 6.07 Å². The van der Waals surface area contributed by atoms with Gasteiger partial charge in [0.2, 0.25) is 0 Å². The number of halogens is 2. The molecule has 94 valence electrons. The second-order valence-electron chi connectivity index (χ2n) is 4.65. The molecule has 1 aromatic carbocycles. The molecule has 0 aliphatic heterocycles. The number of hydrogen-bond donors (Lipinski definition) is 0. The number of ether oxygens (including phenoxy) is 1. The molecule has 1 fully saturated rings. The molecule has 1 atom stereocenters. The highest BCUT2D eigenvalue weighted by atomic mass is 127. The molecule has 1 unspecified atom stereocenters. The summed E-state index contributed by atoms with van der Waals surface area (Å²) in [5, 5.41) is 0. The molecule has 1 aliphatic carbocycles. The molecular weight excluding hydrogens is 330 g/mol. The van der Waals surface area contributed by atoms with Gasteiger partial charge in [0.1, 0.15) is 5.82 Å². The Bertz CT molecular complexity index is 350. The van der Waals surface area contributed by atoms with E-state index in [4.69, 9.17) is 4.74 Å². The van der Waals surface area contributed by atoms with E-state index in [0.717, 1.165) is 11.0 Å². The summed E-state index contributed by atoms with van der Waals surface area (Å²) < 4.78 is 20.3. The Balaban J connectivity index is 1.94. The van der Waals surface area contributed by atoms with Gasteiger partial charge in [0.05, 0.1) is 12.7 Å². The molecule has 0 N–H and O–H groups in total. The molecular formula is C14H18FIO. The zero-order chi connectivity index (χ0) is 12.1. The summed E-state index contributed by atoms with van der Waals surface area (Å²) in [6, 6.07) is 6.93. The van der Waals surface area contributed by atoms with Gasteiger partial charge in [-0.1, -0.05) is 53.6 Å². The van der Waals surface area contributed by atoms with Crippen LogP contribution in [0.4, 0.5) is 4.39 Å². The SMILES string of the molecule is Fc1ccccc1C(CI)OCC1CCCC1. The van der Waals surface area contributed by atoms with Gasteiger partial charge < -0.3 is 4.74 Å². The molecule has 1 aromatic rings. The lowest BCUT2D eigenvalue weighted by molar-refractivity contribution is 0.0434. The van der Waals surface area contributed by atoms with Gasteiger partial charge in [0, 0.05) is 9.99 Å². The van der Waals surface area contributed by atoms with E-state index in [2.05, 4.69) is 22.6 Å². The van der Waals surface area contributed by atoms with Crippen molar-refractivity contribution in [2.24, 2.45) is 5.92 Å². The van der Waals surface area contributed by atoms with E-state index in [1.165, 1.54) is 31.7 Å². The second-order valence-corrected chi connectivity index (χ2v) is 5.53. The van der Waals surface area contributed by atoms with E-state index < -0.39 is 0 Å². The Morgan fingerprint density at radius 3 is 2.65 bits per heavy atom. The van der Waals surface area contributed by atoms with Gasteiger partial charge in [-0.3, -0.25) is 0 Å². The Kier molecular flexibility index (Phi) is 5.22. The van der Waals surface area contributed by atoms with Crippen LogP contribution >= 0.6 is 22.6 Å². The predicted molar refractivity (Wildman–Crippen MR) is 75.9 cm³/mol. The maximum Gasteiger partial charge on any atom is 0.129 e. The van der Waals surface area contributed by atoms with Crippen LogP contribution in [0.1, 0.15) is 37.4 Å². The summed E-state index contributed by atoms with van der Waals surface area (Å²) in [5.41, 5.74) is 0.694. The van der Waals surface area contributed by atoms with Gasteiger partial charge in [0.15, 0.2) is 0 Å². The van der Waals surface area contributed by atoms with Crippen molar-refractivity contribution in [3.05, 3.63) is 35.6 Å². The standard InChI is InChI=1S/C14H18FIO/c15-13-8-4-3-7-12(13)14(9-16)17-10-11-5-1-2-6-11/h3-4,7-8,11,14H,1-2,5-6,9-10H2. The summed E-state index contributed by atoms with van der Waals surface area (Å²) >= 11 is 2.26. The van der Waals surface area contributed by atoms with Crippen molar-refractivity contribution in [2.75, 3.05) is 11.0 Å². The molecule has 0 spiro atoms. The zero-order valence-corrected chi connectivity index (χ0v) is 12.0. The highest BCUT2D eigenvalue weighted by molar-refractivity contribution is 14.1. The van der Waals surface area contributed by atoms with Crippen molar-refractivity contribution in [1.29, 1.82) is 0 Å². The van der Waals surface area contributed by atoms with E-state index >= 15 is 0 Å². The van der Waals surface area contributed by atoms with Gasteiger partial charge in [-0.25, -0.2) is 4.39 Å². The number of benzene rings is 1. The molecule has 0 heterocycles. The molecule has 1 aliphatic rings. The van der Waals surface area contributed by atoms with Crippen LogP contribution in [0, 0.1) is 11.7 Å². The summed E-state index contributed by atoms with van der Waals surface area (Å²) in [5.74, 6) is 0.535. The molecule has 1 saturated carbocycles. The molecule has 17 heavy (non-hydrogen) atoms. The lowest BCUT2D eigenvalue weighted by Gasteiger charge is -2.19. The summed E-state index contributed by atoms with van der Waals surface area (Å²) in [7, 11) is 0. The maximum absolute atomic E-state index is 13.6. The van der Waals surface area contributed by atoms with Gasteiger partial charge >= 0.3 is 0 Å². The molecule has 0 bridgehead atoms.